The lowest BCUT2D eigenvalue weighted by Gasteiger charge is -2.10. The maximum atomic E-state index is 11.7. The van der Waals surface area contributed by atoms with Crippen molar-refractivity contribution in [1.29, 1.82) is 0 Å². The number of pyridine rings is 1. The highest BCUT2D eigenvalue weighted by atomic mass is 16.1. The molecule has 86 valence electrons. The smallest absolute Gasteiger partial charge is 0.252 e. The van der Waals surface area contributed by atoms with E-state index in [1.807, 2.05) is 0 Å². The van der Waals surface area contributed by atoms with E-state index >= 15 is 0 Å². The van der Waals surface area contributed by atoms with Crippen molar-refractivity contribution in [3.05, 3.63) is 30.1 Å². The summed E-state index contributed by atoms with van der Waals surface area (Å²) < 4.78 is 0. The summed E-state index contributed by atoms with van der Waals surface area (Å²) in [4.78, 5) is 15.6. The summed E-state index contributed by atoms with van der Waals surface area (Å²) in [5.74, 6) is 0.490. The molecule has 1 amide bonds. The molecule has 3 N–H and O–H groups in total. The molecule has 1 aliphatic rings. The van der Waals surface area contributed by atoms with Crippen LogP contribution in [0.4, 0.5) is 0 Å². The van der Waals surface area contributed by atoms with Crippen LogP contribution in [0.15, 0.2) is 24.5 Å². The van der Waals surface area contributed by atoms with Crippen LogP contribution >= 0.6 is 0 Å². The Morgan fingerprint density at radius 1 is 1.56 bits per heavy atom. The summed E-state index contributed by atoms with van der Waals surface area (Å²) in [6, 6.07) is 3.85. The quantitative estimate of drug-likeness (QED) is 0.795. The highest BCUT2D eigenvalue weighted by Crippen LogP contribution is 2.23. The second kappa shape index (κ2) is 5.07. The van der Waals surface area contributed by atoms with Gasteiger partial charge in [-0.25, -0.2) is 0 Å². The molecule has 1 aliphatic carbocycles. The van der Waals surface area contributed by atoms with Crippen molar-refractivity contribution >= 4 is 5.91 Å². The van der Waals surface area contributed by atoms with Crippen molar-refractivity contribution in [2.45, 2.75) is 25.3 Å². The zero-order valence-electron chi connectivity index (χ0n) is 9.23. The first kappa shape index (κ1) is 11.1. The van der Waals surface area contributed by atoms with Crippen LogP contribution in [0.1, 0.15) is 29.6 Å². The van der Waals surface area contributed by atoms with Gasteiger partial charge in [-0.3, -0.25) is 9.78 Å². The van der Waals surface area contributed by atoms with Gasteiger partial charge in [0.15, 0.2) is 0 Å². The number of amides is 1. The lowest BCUT2D eigenvalue weighted by atomic mass is 10.1. The Kier molecular flexibility index (Phi) is 3.51. The van der Waals surface area contributed by atoms with Gasteiger partial charge in [0.25, 0.3) is 5.91 Å². The minimum atomic E-state index is -0.0476. The summed E-state index contributed by atoms with van der Waals surface area (Å²) in [7, 11) is 0. The van der Waals surface area contributed by atoms with Crippen LogP contribution in [0.25, 0.3) is 0 Å². The fourth-order valence-corrected chi connectivity index (χ4v) is 2.14. The lowest BCUT2D eigenvalue weighted by Crippen LogP contribution is -2.29. The average molecular weight is 219 g/mol. The van der Waals surface area contributed by atoms with Gasteiger partial charge in [0, 0.05) is 25.0 Å². The molecule has 4 heteroatoms. The van der Waals surface area contributed by atoms with E-state index in [4.69, 9.17) is 5.73 Å². The van der Waals surface area contributed by atoms with Gasteiger partial charge in [0.05, 0.1) is 5.56 Å². The Labute approximate surface area is 95.3 Å². The lowest BCUT2D eigenvalue weighted by molar-refractivity contribution is 0.0947. The molecule has 0 unspecified atom stereocenters. The summed E-state index contributed by atoms with van der Waals surface area (Å²) in [5, 5.41) is 2.93. The van der Waals surface area contributed by atoms with Crippen LogP contribution in [-0.4, -0.2) is 23.5 Å². The first-order valence-corrected chi connectivity index (χ1v) is 5.69. The summed E-state index contributed by atoms with van der Waals surface area (Å²) in [6.07, 6.45) is 6.46. The highest BCUT2D eigenvalue weighted by Gasteiger charge is 2.21. The van der Waals surface area contributed by atoms with Crippen molar-refractivity contribution in [2.75, 3.05) is 6.54 Å². The standard InChI is InChI=1S/C12H17N3O/c13-11-4-3-9(6-11)7-15-12(16)10-2-1-5-14-8-10/h1-2,5,8-9,11H,3-4,6-7,13H2,(H,15,16)/t9-,11+/m0/s1. The fraction of sp³-hybridized carbons (Fsp3) is 0.500. The maximum absolute atomic E-state index is 11.7. The summed E-state index contributed by atoms with van der Waals surface area (Å²) >= 11 is 0. The normalized spacial score (nSPS) is 24.3. The van der Waals surface area contributed by atoms with Crippen molar-refractivity contribution in [3.8, 4) is 0 Å². The molecular formula is C12H17N3O. The first-order valence-electron chi connectivity index (χ1n) is 5.69. The van der Waals surface area contributed by atoms with Crippen molar-refractivity contribution < 1.29 is 4.79 Å². The first-order chi connectivity index (χ1) is 7.75. The number of nitrogens with one attached hydrogen (secondary N) is 1. The Bertz CT molecular complexity index is 353. The van der Waals surface area contributed by atoms with Crippen molar-refractivity contribution in [2.24, 2.45) is 11.7 Å². The third-order valence-electron chi connectivity index (χ3n) is 3.06. The number of carbonyl (C=O) groups excluding carboxylic acids is 1. The van der Waals surface area contributed by atoms with Gasteiger partial charge >= 0.3 is 0 Å². The predicted octanol–water partition coefficient (Wildman–Crippen LogP) is 0.939. The van der Waals surface area contributed by atoms with Gasteiger partial charge in [0.1, 0.15) is 0 Å². The molecule has 2 atom stereocenters. The number of nitrogens with zero attached hydrogens (tertiary/aromatic N) is 1. The molecule has 0 aromatic carbocycles. The van der Waals surface area contributed by atoms with E-state index in [2.05, 4.69) is 10.3 Å². The molecule has 1 fully saturated rings. The second-order valence-corrected chi connectivity index (χ2v) is 4.39. The SMILES string of the molecule is N[C@@H]1CC[C@H](CNC(=O)c2cccnc2)C1. The molecule has 2 rings (SSSR count). The monoisotopic (exact) mass is 219 g/mol. The van der Waals surface area contributed by atoms with Gasteiger partial charge in [0.2, 0.25) is 0 Å². The van der Waals surface area contributed by atoms with E-state index in [9.17, 15) is 4.79 Å². The molecule has 4 nitrogen and oxygen atoms in total. The molecule has 1 aromatic heterocycles. The Morgan fingerprint density at radius 3 is 3.06 bits per heavy atom. The minimum absolute atomic E-state index is 0.0476. The number of hydrogen-bond donors (Lipinski definition) is 2. The average Bonchev–Trinajstić information content (AvgIpc) is 2.73. The molecule has 0 aliphatic heterocycles. The number of carbonyl (C=O) groups is 1. The summed E-state index contributed by atoms with van der Waals surface area (Å²) in [6.45, 7) is 0.724. The largest absolute Gasteiger partial charge is 0.352 e. The highest BCUT2D eigenvalue weighted by molar-refractivity contribution is 5.93. The van der Waals surface area contributed by atoms with Gasteiger partial charge in [-0.1, -0.05) is 0 Å². The van der Waals surface area contributed by atoms with Crippen LogP contribution < -0.4 is 11.1 Å². The molecule has 0 spiro atoms. The predicted molar refractivity (Wildman–Crippen MR) is 61.9 cm³/mol. The van der Waals surface area contributed by atoms with Gasteiger partial charge in [-0.15, -0.1) is 0 Å². The summed E-state index contributed by atoms with van der Waals surface area (Å²) in [5.41, 5.74) is 6.44. The van der Waals surface area contributed by atoms with E-state index in [-0.39, 0.29) is 5.91 Å². The van der Waals surface area contributed by atoms with Crippen LogP contribution in [-0.2, 0) is 0 Å². The third-order valence-corrected chi connectivity index (χ3v) is 3.06. The Morgan fingerprint density at radius 2 is 2.44 bits per heavy atom. The molecule has 1 heterocycles. The van der Waals surface area contributed by atoms with E-state index < -0.39 is 0 Å². The zero-order chi connectivity index (χ0) is 11.4. The molecule has 0 radical (unpaired) electrons. The number of aromatic nitrogens is 1. The van der Waals surface area contributed by atoms with Crippen molar-refractivity contribution in [3.63, 3.8) is 0 Å². The van der Waals surface area contributed by atoms with E-state index in [1.165, 1.54) is 0 Å². The maximum Gasteiger partial charge on any atom is 0.252 e. The third kappa shape index (κ3) is 2.79. The second-order valence-electron chi connectivity index (χ2n) is 4.39. The van der Waals surface area contributed by atoms with Crippen LogP contribution in [0.3, 0.4) is 0 Å². The molecule has 16 heavy (non-hydrogen) atoms. The van der Waals surface area contributed by atoms with Crippen molar-refractivity contribution in [1.82, 2.24) is 10.3 Å². The van der Waals surface area contributed by atoms with Crippen LogP contribution in [0, 0.1) is 5.92 Å². The molecule has 0 bridgehead atoms. The number of rotatable bonds is 3. The Hall–Kier alpha value is -1.42. The van der Waals surface area contributed by atoms with E-state index in [0.29, 0.717) is 17.5 Å². The van der Waals surface area contributed by atoms with Gasteiger partial charge in [-0.2, -0.15) is 0 Å². The van der Waals surface area contributed by atoms with Crippen LogP contribution in [0.2, 0.25) is 0 Å². The van der Waals surface area contributed by atoms with Crippen LogP contribution in [0.5, 0.6) is 0 Å². The fourth-order valence-electron chi connectivity index (χ4n) is 2.14. The molecule has 1 saturated carbocycles. The topological polar surface area (TPSA) is 68.0 Å². The number of nitrogens with two attached hydrogens (primary N) is 1. The van der Waals surface area contributed by atoms with E-state index in [1.54, 1.807) is 24.5 Å². The zero-order valence-corrected chi connectivity index (χ0v) is 9.23. The number of hydrogen-bond acceptors (Lipinski definition) is 3. The molecule has 0 saturated heterocycles. The Balaban J connectivity index is 1.80. The minimum Gasteiger partial charge on any atom is -0.352 e. The van der Waals surface area contributed by atoms with E-state index in [0.717, 1.165) is 25.8 Å². The molecular weight excluding hydrogens is 202 g/mol. The molecule has 1 aromatic rings. The van der Waals surface area contributed by atoms with Gasteiger partial charge < -0.3 is 11.1 Å². The van der Waals surface area contributed by atoms with Gasteiger partial charge in [-0.05, 0) is 37.3 Å².